The molecule has 5 heteroatoms. The first-order valence-corrected chi connectivity index (χ1v) is 7.28. The average Bonchev–Trinajstić information content (AvgIpc) is 2.94. The van der Waals surface area contributed by atoms with Gasteiger partial charge in [0, 0.05) is 16.5 Å². The van der Waals surface area contributed by atoms with Gasteiger partial charge in [-0.15, -0.1) is 11.3 Å². The monoisotopic (exact) mass is 300 g/mol. The molecule has 21 heavy (non-hydrogen) atoms. The van der Waals surface area contributed by atoms with Gasteiger partial charge in [-0.25, -0.2) is 9.37 Å². The van der Waals surface area contributed by atoms with Crippen molar-refractivity contribution < 1.29 is 9.13 Å². The van der Waals surface area contributed by atoms with Crippen LogP contribution >= 0.6 is 11.3 Å². The van der Waals surface area contributed by atoms with Gasteiger partial charge in [-0.3, -0.25) is 0 Å². The van der Waals surface area contributed by atoms with Crippen LogP contribution in [-0.4, -0.2) is 4.98 Å². The molecule has 0 spiro atoms. The molecule has 0 unspecified atom stereocenters. The number of hydrogen-bond donors (Lipinski definition) is 1. The molecule has 3 aromatic rings. The van der Waals surface area contributed by atoms with Gasteiger partial charge in [0.25, 0.3) is 0 Å². The average molecular weight is 300 g/mol. The fourth-order valence-corrected chi connectivity index (χ4v) is 2.49. The molecule has 1 aromatic heterocycles. The zero-order valence-electron chi connectivity index (χ0n) is 11.1. The van der Waals surface area contributed by atoms with Crippen LogP contribution in [0.15, 0.2) is 53.9 Å². The van der Waals surface area contributed by atoms with Crippen molar-refractivity contribution in [3.05, 3.63) is 65.3 Å². The number of ether oxygens (including phenoxy) is 1. The third-order valence-corrected chi connectivity index (χ3v) is 3.70. The molecule has 1 heterocycles. The van der Waals surface area contributed by atoms with Crippen molar-refractivity contribution in [1.29, 1.82) is 0 Å². The predicted octanol–water partition coefficient (Wildman–Crippen LogP) is 4.11. The fraction of sp³-hybridized carbons (Fsp3) is 0.0625. The number of nitrogen functional groups attached to an aromatic ring is 1. The number of rotatable bonds is 4. The van der Waals surface area contributed by atoms with Crippen LogP contribution in [-0.2, 0) is 6.61 Å². The Hall–Kier alpha value is -2.40. The minimum absolute atomic E-state index is 0.204. The van der Waals surface area contributed by atoms with E-state index in [-0.39, 0.29) is 12.4 Å². The molecule has 0 saturated heterocycles. The minimum Gasteiger partial charge on any atom is -0.489 e. The predicted molar refractivity (Wildman–Crippen MR) is 82.7 cm³/mol. The Labute approximate surface area is 125 Å². The fourth-order valence-electron chi connectivity index (χ4n) is 1.92. The Morgan fingerprint density at radius 1 is 1.10 bits per heavy atom. The number of thiazole rings is 1. The Bertz CT molecular complexity index is 740. The summed E-state index contributed by atoms with van der Waals surface area (Å²) in [7, 11) is 0. The van der Waals surface area contributed by atoms with Gasteiger partial charge in [0.05, 0.1) is 5.69 Å². The van der Waals surface area contributed by atoms with E-state index in [9.17, 15) is 4.39 Å². The van der Waals surface area contributed by atoms with E-state index in [1.54, 1.807) is 18.2 Å². The molecule has 106 valence electrons. The zero-order valence-corrected chi connectivity index (χ0v) is 11.9. The molecule has 0 bridgehead atoms. The number of aromatic nitrogens is 1. The van der Waals surface area contributed by atoms with E-state index in [1.807, 2.05) is 29.6 Å². The van der Waals surface area contributed by atoms with Crippen molar-refractivity contribution in [1.82, 2.24) is 4.98 Å². The van der Waals surface area contributed by atoms with Gasteiger partial charge in [-0.2, -0.15) is 0 Å². The molecule has 0 fully saturated rings. The van der Waals surface area contributed by atoms with Crippen molar-refractivity contribution in [3.8, 4) is 17.0 Å². The van der Waals surface area contributed by atoms with Crippen LogP contribution in [0.5, 0.6) is 5.75 Å². The molecular formula is C16H13FN2OS. The van der Waals surface area contributed by atoms with Crippen LogP contribution in [0.1, 0.15) is 5.56 Å². The summed E-state index contributed by atoms with van der Waals surface area (Å²) in [5, 5.41) is 2.45. The van der Waals surface area contributed by atoms with Gasteiger partial charge in [-0.05, 0) is 30.3 Å². The van der Waals surface area contributed by atoms with Crippen molar-refractivity contribution in [3.63, 3.8) is 0 Å². The van der Waals surface area contributed by atoms with Crippen LogP contribution in [0, 0.1) is 5.82 Å². The summed E-state index contributed by atoms with van der Waals surface area (Å²) in [6, 6.07) is 14.1. The number of nitrogens with two attached hydrogens (primary N) is 1. The van der Waals surface area contributed by atoms with E-state index >= 15 is 0 Å². The minimum atomic E-state index is -0.257. The second-order valence-corrected chi connectivity index (χ2v) is 5.37. The maximum Gasteiger partial charge on any atom is 0.180 e. The van der Waals surface area contributed by atoms with Crippen LogP contribution in [0.3, 0.4) is 0 Å². The Morgan fingerprint density at radius 2 is 1.86 bits per heavy atom. The van der Waals surface area contributed by atoms with Crippen LogP contribution in [0.2, 0.25) is 0 Å². The van der Waals surface area contributed by atoms with Gasteiger partial charge >= 0.3 is 0 Å². The summed E-state index contributed by atoms with van der Waals surface area (Å²) < 4.78 is 19.1. The third kappa shape index (κ3) is 3.20. The molecule has 0 saturated carbocycles. The van der Waals surface area contributed by atoms with Crippen molar-refractivity contribution in [2.45, 2.75) is 6.61 Å². The zero-order chi connectivity index (χ0) is 14.7. The van der Waals surface area contributed by atoms with E-state index in [1.165, 1.54) is 17.4 Å². The molecule has 3 rings (SSSR count). The molecule has 0 aliphatic rings. The topological polar surface area (TPSA) is 48.1 Å². The first kappa shape index (κ1) is 13.6. The number of anilines is 1. The van der Waals surface area contributed by atoms with Crippen molar-refractivity contribution in [2.75, 3.05) is 5.73 Å². The van der Waals surface area contributed by atoms with E-state index in [0.29, 0.717) is 16.4 Å². The highest BCUT2D eigenvalue weighted by Crippen LogP contribution is 2.25. The van der Waals surface area contributed by atoms with Gasteiger partial charge < -0.3 is 10.5 Å². The lowest BCUT2D eigenvalue weighted by Crippen LogP contribution is -1.98. The third-order valence-electron chi connectivity index (χ3n) is 3.02. The highest BCUT2D eigenvalue weighted by atomic mass is 32.1. The Balaban J connectivity index is 1.69. The van der Waals surface area contributed by atoms with E-state index < -0.39 is 0 Å². The van der Waals surface area contributed by atoms with Gasteiger partial charge in [0.15, 0.2) is 5.13 Å². The number of halogens is 1. The molecule has 2 N–H and O–H groups in total. The standard InChI is InChI=1S/C16H13FN2OS/c17-14-4-2-1-3-12(14)9-20-13-7-5-11(6-8-13)15-10-21-16(18)19-15/h1-8,10H,9H2,(H2,18,19). The SMILES string of the molecule is Nc1nc(-c2ccc(OCc3ccccc3F)cc2)cs1. The maximum atomic E-state index is 13.5. The molecule has 2 aromatic carbocycles. The molecule has 0 aliphatic carbocycles. The second kappa shape index (κ2) is 5.93. The van der Waals surface area contributed by atoms with E-state index in [2.05, 4.69) is 4.98 Å². The summed E-state index contributed by atoms with van der Waals surface area (Å²) in [4.78, 5) is 4.22. The first-order valence-electron chi connectivity index (χ1n) is 6.40. The van der Waals surface area contributed by atoms with Crippen LogP contribution < -0.4 is 10.5 Å². The number of nitrogens with zero attached hydrogens (tertiary/aromatic N) is 1. The summed E-state index contributed by atoms with van der Waals surface area (Å²) in [6.07, 6.45) is 0. The molecule has 0 radical (unpaired) electrons. The molecular weight excluding hydrogens is 287 g/mol. The smallest absolute Gasteiger partial charge is 0.180 e. The van der Waals surface area contributed by atoms with Gasteiger partial charge in [0.1, 0.15) is 18.2 Å². The summed E-state index contributed by atoms with van der Waals surface area (Å²) in [5.41, 5.74) is 7.97. The Kier molecular flexibility index (Phi) is 3.83. The Morgan fingerprint density at radius 3 is 2.52 bits per heavy atom. The molecule has 3 nitrogen and oxygen atoms in total. The summed E-state index contributed by atoms with van der Waals surface area (Å²) in [5.74, 6) is 0.428. The van der Waals surface area contributed by atoms with Crippen LogP contribution in [0.25, 0.3) is 11.3 Å². The molecule has 0 amide bonds. The highest BCUT2D eigenvalue weighted by molar-refractivity contribution is 7.13. The number of hydrogen-bond acceptors (Lipinski definition) is 4. The van der Waals surface area contributed by atoms with E-state index in [4.69, 9.17) is 10.5 Å². The highest BCUT2D eigenvalue weighted by Gasteiger charge is 2.04. The normalized spacial score (nSPS) is 10.5. The van der Waals surface area contributed by atoms with Gasteiger partial charge in [-0.1, -0.05) is 18.2 Å². The second-order valence-electron chi connectivity index (χ2n) is 4.48. The lowest BCUT2D eigenvalue weighted by Gasteiger charge is -2.07. The summed E-state index contributed by atoms with van der Waals surface area (Å²) in [6.45, 7) is 0.204. The van der Waals surface area contributed by atoms with Crippen molar-refractivity contribution in [2.24, 2.45) is 0 Å². The molecule has 0 atom stereocenters. The van der Waals surface area contributed by atoms with Crippen molar-refractivity contribution >= 4 is 16.5 Å². The largest absolute Gasteiger partial charge is 0.489 e. The van der Waals surface area contributed by atoms with Crippen LogP contribution in [0.4, 0.5) is 9.52 Å². The summed E-state index contributed by atoms with van der Waals surface area (Å²) >= 11 is 1.41. The quantitative estimate of drug-likeness (QED) is 0.788. The maximum absolute atomic E-state index is 13.5. The first-order chi connectivity index (χ1) is 10.2. The lowest BCUT2D eigenvalue weighted by atomic mass is 10.2. The molecule has 0 aliphatic heterocycles. The van der Waals surface area contributed by atoms with E-state index in [0.717, 1.165) is 11.3 Å². The van der Waals surface area contributed by atoms with Gasteiger partial charge in [0.2, 0.25) is 0 Å². The number of benzene rings is 2. The lowest BCUT2D eigenvalue weighted by molar-refractivity contribution is 0.300.